The van der Waals surface area contributed by atoms with E-state index >= 15 is 0 Å². The molecular formula is C12H9ClFNO4S2. The highest BCUT2D eigenvalue weighted by Gasteiger charge is 2.21. The maximum Gasteiger partial charge on any atom is 0.337 e. The summed E-state index contributed by atoms with van der Waals surface area (Å²) in [6.07, 6.45) is 0. The number of anilines is 1. The summed E-state index contributed by atoms with van der Waals surface area (Å²) < 4.78 is 39.8. The van der Waals surface area contributed by atoms with Crippen molar-refractivity contribution in [3.8, 4) is 0 Å². The van der Waals surface area contributed by atoms with Crippen molar-refractivity contribution < 1.29 is 22.7 Å². The molecule has 2 aromatic rings. The molecule has 0 amide bonds. The van der Waals surface area contributed by atoms with Gasteiger partial charge in [-0.1, -0.05) is 11.6 Å². The third kappa shape index (κ3) is 3.34. The van der Waals surface area contributed by atoms with Crippen molar-refractivity contribution in [1.82, 2.24) is 0 Å². The average molecular weight is 350 g/mol. The van der Waals surface area contributed by atoms with E-state index in [1.54, 1.807) is 6.92 Å². The highest BCUT2D eigenvalue weighted by Crippen LogP contribution is 2.31. The second-order valence-corrected chi connectivity index (χ2v) is 7.69. The number of aromatic carboxylic acids is 1. The molecule has 0 spiro atoms. The lowest BCUT2D eigenvalue weighted by Gasteiger charge is -2.09. The lowest BCUT2D eigenvalue weighted by Crippen LogP contribution is -2.14. The minimum atomic E-state index is -3.99. The molecule has 1 aromatic carbocycles. The zero-order chi connectivity index (χ0) is 15.8. The molecule has 0 atom stereocenters. The molecular weight excluding hydrogens is 341 g/mol. The molecule has 1 aromatic heterocycles. The van der Waals surface area contributed by atoms with Gasteiger partial charge in [0.2, 0.25) is 0 Å². The maximum atomic E-state index is 13.1. The molecule has 112 valence electrons. The Morgan fingerprint density at radius 2 is 2.05 bits per heavy atom. The predicted molar refractivity (Wildman–Crippen MR) is 78.2 cm³/mol. The van der Waals surface area contributed by atoms with Gasteiger partial charge in [0.25, 0.3) is 10.0 Å². The van der Waals surface area contributed by atoms with E-state index in [-0.39, 0.29) is 9.90 Å². The van der Waals surface area contributed by atoms with Gasteiger partial charge in [0.15, 0.2) is 0 Å². The van der Waals surface area contributed by atoms with Crippen LogP contribution in [0.25, 0.3) is 0 Å². The molecule has 2 rings (SSSR count). The van der Waals surface area contributed by atoms with Crippen LogP contribution in [0.3, 0.4) is 0 Å². The van der Waals surface area contributed by atoms with Gasteiger partial charge in [-0.3, -0.25) is 4.72 Å². The van der Waals surface area contributed by atoms with Crippen LogP contribution in [0.2, 0.25) is 4.34 Å². The Hall–Kier alpha value is -1.64. The second-order valence-electron chi connectivity index (χ2n) is 4.12. The van der Waals surface area contributed by atoms with Gasteiger partial charge >= 0.3 is 5.97 Å². The summed E-state index contributed by atoms with van der Waals surface area (Å²) in [7, 11) is -3.99. The average Bonchev–Trinajstić information content (AvgIpc) is 2.72. The molecule has 0 saturated heterocycles. The number of hydrogen-bond acceptors (Lipinski definition) is 4. The number of sulfonamides is 1. The van der Waals surface area contributed by atoms with Gasteiger partial charge in [-0.15, -0.1) is 11.3 Å². The zero-order valence-electron chi connectivity index (χ0n) is 10.6. The molecule has 0 radical (unpaired) electrons. The number of rotatable bonds is 4. The Bertz CT molecular complexity index is 797. The van der Waals surface area contributed by atoms with Crippen molar-refractivity contribution in [2.24, 2.45) is 0 Å². The minimum Gasteiger partial charge on any atom is -0.478 e. The van der Waals surface area contributed by atoms with Gasteiger partial charge < -0.3 is 5.11 Å². The van der Waals surface area contributed by atoms with Gasteiger partial charge in [0.1, 0.15) is 10.0 Å². The van der Waals surface area contributed by atoms with E-state index in [0.717, 1.165) is 29.5 Å². The van der Waals surface area contributed by atoms with Crippen molar-refractivity contribution in [1.29, 1.82) is 0 Å². The Kier molecular flexibility index (Phi) is 4.22. The van der Waals surface area contributed by atoms with Gasteiger partial charge in [-0.2, -0.15) is 0 Å². The lowest BCUT2D eigenvalue weighted by atomic mass is 10.2. The van der Waals surface area contributed by atoms with Crippen molar-refractivity contribution in [3.63, 3.8) is 0 Å². The maximum absolute atomic E-state index is 13.1. The van der Waals surface area contributed by atoms with E-state index in [9.17, 15) is 17.6 Å². The fraction of sp³-hybridized carbons (Fsp3) is 0.0833. The number of nitrogens with one attached hydrogen (secondary N) is 1. The Balaban J connectivity index is 2.44. The summed E-state index contributed by atoms with van der Waals surface area (Å²) in [6, 6.07) is 4.14. The molecule has 0 aliphatic carbocycles. The first-order valence-electron chi connectivity index (χ1n) is 5.52. The summed E-state index contributed by atoms with van der Waals surface area (Å²) >= 11 is 6.67. The van der Waals surface area contributed by atoms with E-state index in [2.05, 4.69) is 4.72 Å². The molecule has 9 heteroatoms. The zero-order valence-corrected chi connectivity index (χ0v) is 12.9. The lowest BCUT2D eigenvalue weighted by molar-refractivity contribution is 0.0697. The summed E-state index contributed by atoms with van der Waals surface area (Å²) in [5.74, 6) is -2.21. The topological polar surface area (TPSA) is 83.5 Å². The number of carbonyl (C=O) groups is 1. The normalized spacial score (nSPS) is 11.4. The van der Waals surface area contributed by atoms with Crippen LogP contribution >= 0.6 is 22.9 Å². The van der Waals surface area contributed by atoms with E-state index in [4.69, 9.17) is 16.7 Å². The SMILES string of the molecule is Cc1cc(S(=O)(=O)Nc2ccc(F)cc2C(=O)O)sc1Cl. The number of carboxylic acid groups (broad SMARTS) is 1. The van der Waals surface area contributed by atoms with Crippen LogP contribution in [0.4, 0.5) is 10.1 Å². The van der Waals surface area contributed by atoms with Crippen molar-refractivity contribution in [3.05, 3.63) is 45.5 Å². The number of carboxylic acids is 1. The Labute approximate surface area is 129 Å². The van der Waals surface area contributed by atoms with Crippen LogP contribution in [-0.2, 0) is 10.0 Å². The molecule has 1 heterocycles. The highest BCUT2D eigenvalue weighted by atomic mass is 35.5. The molecule has 5 nitrogen and oxygen atoms in total. The van der Waals surface area contributed by atoms with Crippen LogP contribution in [0.1, 0.15) is 15.9 Å². The van der Waals surface area contributed by atoms with E-state index in [1.807, 2.05) is 0 Å². The van der Waals surface area contributed by atoms with Crippen molar-refractivity contribution in [2.75, 3.05) is 4.72 Å². The Morgan fingerprint density at radius 3 is 2.57 bits per heavy atom. The Morgan fingerprint density at radius 1 is 1.38 bits per heavy atom. The fourth-order valence-electron chi connectivity index (χ4n) is 1.54. The number of hydrogen-bond donors (Lipinski definition) is 2. The predicted octanol–water partition coefficient (Wildman–Crippen LogP) is 3.35. The minimum absolute atomic E-state index is 0.0503. The standard InChI is InChI=1S/C12H9ClFNO4S2/c1-6-4-10(20-11(6)13)21(18,19)15-9-3-2-7(14)5-8(9)12(16)17/h2-5,15H,1H3,(H,16,17). The summed E-state index contributed by atoms with van der Waals surface area (Å²) in [6.45, 7) is 1.65. The second kappa shape index (κ2) is 5.63. The number of aryl methyl sites for hydroxylation is 1. The van der Waals surface area contributed by atoms with Gasteiger partial charge in [-0.05, 0) is 36.8 Å². The number of halogens is 2. The van der Waals surface area contributed by atoms with Crippen LogP contribution in [0.5, 0.6) is 0 Å². The van der Waals surface area contributed by atoms with Crippen LogP contribution < -0.4 is 4.72 Å². The van der Waals surface area contributed by atoms with Crippen LogP contribution in [0.15, 0.2) is 28.5 Å². The monoisotopic (exact) mass is 349 g/mol. The van der Waals surface area contributed by atoms with Gasteiger partial charge in [0, 0.05) is 0 Å². The third-order valence-corrected chi connectivity index (χ3v) is 5.95. The molecule has 0 bridgehead atoms. The molecule has 0 unspecified atom stereocenters. The fourth-order valence-corrected chi connectivity index (χ4v) is 4.33. The summed E-state index contributed by atoms with van der Waals surface area (Å²) in [5, 5.41) is 8.99. The van der Waals surface area contributed by atoms with Crippen molar-refractivity contribution >= 4 is 44.6 Å². The van der Waals surface area contributed by atoms with Gasteiger partial charge in [0.05, 0.1) is 15.6 Å². The molecule has 0 saturated carbocycles. The number of thiophene rings is 1. The molecule has 0 aliphatic heterocycles. The quantitative estimate of drug-likeness (QED) is 0.886. The number of benzene rings is 1. The molecule has 0 aliphatic rings. The van der Waals surface area contributed by atoms with E-state index in [1.165, 1.54) is 6.07 Å². The van der Waals surface area contributed by atoms with Crippen LogP contribution in [-0.4, -0.2) is 19.5 Å². The smallest absolute Gasteiger partial charge is 0.337 e. The highest BCUT2D eigenvalue weighted by molar-refractivity contribution is 7.94. The molecule has 2 N–H and O–H groups in total. The first-order chi connectivity index (χ1) is 9.70. The summed E-state index contributed by atoms with van der Waals surface area (Å²) in [5.41, 5.74) is -0.0939. The van der Waals surface area contributed by atoms with E-state index in [0.29, 0.717) is 9.90 Å². The van der Waals surface area contributed by atoms with Gasteiger partial charge in [-0.25, -0.2) is 17.6 Å². The van der Waals surface area contributed by atoms with Crippen molar-refractivity contribution in [2.45, 2.75) is 11.1 Å². The van der Waals surface area contributed by atoms with Crippen LogP contribution in [0, 0.1) is 12.7 Å². The first kappa shape index (κ1) is 15.7. The summed E-state index contributed by atoms with van der Waals surface area (Å²) in [4.78, 5) is 11.0. The van der Waals surface area contributed by atoms with E-state index < -0.39 is 27.4 Å². The first-order valence-corrected chi connectivity index (χ1v) is 8.20. The largest absolute Gasteiger partial charge is 0.478 e. The third-order valence-electron chi connectivity index (χ3n) is 2.56. The molecule has 21 heavy (non-hydrogen) atoms. The molecule has 0 fully saturated rings.